The Hall–Kier alpha value is -2.04. The molecule has 0 aromatic heterocycles. The van der Waals surface area contributed by atoms with E-state index in [1.807, 2.05) is 17.0 Å². The molecule has 5 fully saturated rings. The summed E-state index contributed by atoms with van der Waals surface area (Å²) in [5.41, 5.74) is 1.82. The predicted octanol–water partition coefficient (Wildman–Crippen LogP) is 4.68. The van der Waals surface area contributed by atoms with Crippen LogP contribution in [0.3, 0.4) is 0 Å². The van der Waals surface area contributed by atoms with E-state index in [0.717, 1.165) is 75.2 Å². The first kappa shape index (κ1) is 20.8. The van der Waals surface area contributed by atoms with Gasteiger partial charge in [-0.25, -0.2) is 0 Å². The van der Waals surface area contributed by atoms with Crippen molar-refractivity contribution in [3.63, 3.8) is 0 Å². The van der Waals surface area contributed by atoms with E-state index in [4.69, 9.17) is 0 Å². The highest BCUT2D eigenvalue weighted by Gasteiger charge is 2.56. The Morgan fingerprint density at radius 2 is 1.58 bits per heavy atom. The summed E-state index contributed by atoms with van der Waals surface area (Å²) in [5, 5.41) is 3.09. The number of hydrogen-bond donors (Lipinski definition) is 1. The maximum atomic E-state index is 13.8. The van der Waals surface area contributed by atoms with Gasteiger partial charge in [0.2, 0.25) is 11.8 Å². The molecule has 5 nitrogen and oxygen atoms in total. The quantitative estimate of drug-likeness (QED) is 0.723. The van der Waals surface area contributed by atoms with Crippen molar-refractivity contribution in [1.82, 2.24) is 4.90 Å². The van der Waals surface area contributed by atoms with Crippen LogP contribution >= 0.6 is 0 Å². The van der Waals surface area contributed by atoms with Crippen molar-refractivity contribution in [2.75, 3.05) is 29.9 Å². The number of carbonyl (C=O) groups is 2. The fourth-order valence-electron chi connectivity index (χ4n) is 7.53. The molecule has 1 N–H and O–H groups in total. The van der Waals surface area contributed by atoms with E-state index in [1.54, 1.807) is 0 Å². The standard InChI is InChI=1S/C26H37N3O2/c1-3-28(4-2)22-9-7-21(8-10-22)27-24(30)23-6-5-11-29(23)25(31)26-15-18-12-19(16-26)14-20(13-18)17-26/h7-10,18-20,23H,3-6,11-17H2,1-2H3,(H,27,30). The molecular formula is C26H37N3O2. The fraction of sp³-hybridized carbons (Fsp3) is 0.692. The van der Waals surface area contributed by atoms with Crippen molar-refractivity contribution < 1.29 is 9.59 Å². The molecule has 0 spiro atoms. The van der Waals surface area contributed by atoms with Crippen molar-refractivity contribution in [2.24, 2.45) is 23.2 Å². The molecule has 168 valence electrons. The molecule has 1 aromatic carbocycles. The second kappa shape index (κ2) is 8.14. The van der Waals surface area contributed by atoms with E-state index in [1.165, 1.54) is 24.9 Å². The minimum Gasteiger partial charge on any atom is -0.372 e. The highest BCUT2D eigenvalue weighted by molar-refractivity contribution is 5.98. The van der Waals surface area contributed by atoms with Crippen LogP contribution in [0.15, 0.2) is 24.3 Å². The molecule has 4 bridgehead atoms. The minimum atomic E-state index is -0.317. The Morgan fingerprint density at radius 3 is 2.13 bits per heavy atom. The third kappa shape index (κ3) is 3.74. The number of anilines is 2. The Morgan fingerprint density at radius 1 is 1.00 bits per heavy atom. The summed E-state index contributed by atoms with van der Waals surface area (Å²) in [7, 11) is 0. The molecule has 4 aliphatic carbocycles. The molecule has 1 unspecified atom stereocenters. The van der Waals surface area contributed by atoms with E-state index < -0.39 is 0 Å². The fourth-order valence-corrected chi connectivity index (χ4v) is 7.53. The van der Waals surface area contributed by atoms with Gasteiger partial charge in [0.1, 0.15) is 6.04 Å². The third-order valence-electron chi connectivity index (χ3n) is 8.57. The molecule has 2 amide bonds. The van der Waals surface area contributed by atoms with Crippen LogP contribution < -0.4 is 10.2 Å². The van der Waals surface area contributed by atoms with Crippen molar-refractivity contribution in [3.8, 4) is 0 Å². The van der Waals surface area contributed by atoms with Crippen molar-refractivity contribution in [2.45, 2.75) is 71.3 Å². The number of nitrogens with one attached hydrogen (secondary N) is 1. The zero-order valence-electron chi connectivity index (χ0n) is 19.1. The first-order chi connectivity index (χ1) is 15.0. The highest BCUT2D eigenvalue weighted by atomic mass is 16.2. The van der Waals surface area contributed by atoms with Crippen LogP contribution in [-0.4, -0.2) is 42.4 Å². The number of amides is 2. The molecule has 1 heterocycles. The average molecular weight is 424 g/mol. The lowest BCUT2D eigenvalue weighted by Gasteiger charge is -2.56. The second-order valence-electron chi connectivity index (χ2n) is 10.6. The van der Waals surface area contributed by atoms with Gasteiger partial charge >= 0.3 is 0 Å². The maximum absolute atomic E-state index is 13.8. The van der Waals surface area contributed by atoms with Gasteiger partial charge in [-0.05, 0) is 107 Å². The Balaban J connectivity index is 1.27. The van der Waals surface area contributed by atoms with E-state index in [0.29, 0.717) is 5.91 Å². The van der Waals surface area contributed by atoms with E-state index in [2.05, 4.69) is 36.2 Å². The highest BCUT2D eigenvalue weighted by Crippen LogP contribution is 2.60. The summed E-state index contributed by atoms with van der Waals surface area (Å²) in [6.07, 6.45) is 8.90. The lowest BCUT2D eigenvalue weighted by Crippen LogP contribution is -2.56. The number of likely N-dealkylation sites (tertiary alicyclic amines) is 1. The lowest BCUT2D eigenvalue weighted by molar-refractivity contribution is -0.160. The average Bonchev–Trinajstić information content (AvgIpc) is 3.24. The van der Waals surface area contributed by atoms with Gasteiger partial charge in [0.05, 0.1) is 5.41 Å². The number of rotatable bonds is 6. The van der Waals surface area contributed by atoms with Crippen LogP contribution in [-0.2, 0) is 9.59 Å². The van der Waals surface area contributed by atoms with Crippen molar-refractivity contribution >= 4 is 23.2 Å². The molecule has 6 rings (SSSR count). The van der Waals surface area contributed by atoms with Crippen LogP contribution in [0, 0.1) is 23.2 Å². The van der Waals surface area contributed by atoms with E-state index >= 15 is 0 Å². The van der Waals surface area contributed by atoms with Crippen LogP contribution in [0.1, 0.15) is 65.2 Å². The summed E-state index contributed by atoms with van der Waals surface area (Å²) >= 11 is 0. The van der Waals surface area contributed by atoms with Crippen LogP contribution in [0.2, 0.25) is 0 Å². The Kier molecular flexibility index (Phi) is 5.47. The molecular weight excluding hydrogens is 386 g/mol. The lowest BCUT2D eigenvalue weighted by atomic mass is 9.49. The minimum absolute atomic E-state index is 0.0221. The smallest absolute Gasteiger partial charge is 0.247 e. The molecule has 1 aromatic rings. The number of nitrogens with zero attached hydrogens (tertiary/aromatic N) is 2. The first-order valence-electron chi connectivity index (χ1n) is 12.5. The molecule has 1 atom stereocenters. The summed E-state index contributed by atoms with van der Waals surface area (Å²) in [6.45, 7) is 6.96. The molecule has 31 heavy (non-hydrogen) atoms. The van der Waals surface area contributed by atoms with Crippen molar-refractivity contribution in [1.29, 1.82) is 0 Å². The molecule has 1 saturated heterocycles. The number of benzene rings is 1. The number of hydrogen-bond acceptors (Lipinski definition) is 3. The maximum Gasteiger partial charge on any atom is 0.247 e. The summed E-state index contributed by atoms with van der Waals surface area (Å²) in [4.78, 5) is 31.2. The normalized spacial score (nSPS) is 33.5. The molecule has 0 radical (unpaired) electrons. The van der Waals surface area contributed by atoms with Gasteiger partial charge < -0.3 is 15.1 Å². The van der Waals surface area contributed by atoms with Gasteiger partial charge in [0, 0.05) is 31.0 Å². The Labute approximate surface area is 186 Å². The summed E-state index contributed by atoms with van der Waals surface area (Å²) < 4.78 is 0. The van der Waals surface area contributed by atoms with Crippen LogP contribution in [0.4, 0.5) is 11.4 Å². The third-order valence-corrected chi connectivity index (χ3v) is 8.57. The van der Waals surface area contributed by atoms with Gasteiger partial charge in [0.25, 0.3) is 0 Å². The molecule has 4 saturated carbocycles. The van der Waals surface area contributed by atoms with Gasteiger partial charge in [-0.2, -0.15) is 0 Å². The van der Waals surface area contributed by atoms with Gasteiger partial charge in [-0.15, -0.1) is 0 Å². The van der Waals surface area contributed by atoms with E-state index in [-0.39, 0.29) is 17.4 Å². The van der Waals surface area contributed by atoms with Gasteiger partial charge in [-0.3, -0.25) is 9.59 Å². The predicted molar refractivity (Wildman–Crippen MR) is 124 cm³/mol. The zero-order valence-corrected chi connectivity index (χ0v) is 19.1. The molecule has 1 aliphatic heterocycles. The zero-order chi connectivity index (χ0) is 21.6. The Bertz CT molecular complexity index is 794. The number of carbonyl (C=O) groups excluding carboxylic acids is 2. The largest absolute Gasteiger partial charge is 0.372 e. The van der Waals surface area contributed by atoms with E-state index in [9.17, 15) is 9.59 Å². The van der Waals surface area contributed by atoms with Crippen LogP contribution in [0.5, 0.6) is 0 Å². The second-order valence-corrected chi connectivity index (χ2v) is 10.6. The molecule has 5 heteroatoms. The van der Waals surface area contributed by atoms with Gasteiger partial charge in [0.15, 0.2) is 0 Å². The first-order valence-corrected chi connectivity index (χ1v) is 12.5. The van der Waals surface area contributed by atoms with Crippen molar-refractivity contribution in [3.05, 3.63) is 24.3 Å². The summed E-state index contributed by atoms with van der Waals surface area (Å²) in [5.74, 6) is 2.51. The van der Waals surface area contributed by atoms with Gasteiger partial charge in [-0.1, -0.05) is 0 Å². The monoisotopic (exact) mass is 423 g/mol. The topological polar surface area (TPSA) is 52.7 Å². The SMILES string of the molecule is CCN(CC)c1ccc(NC(=O)C2CCCN2C(=O)C23CC4CC(CC(C4)C2)C3)cc1. The molecule has 5 aliphatic rings. The van der Waals surface area contributed by atoms with Crippen LogP contribution in [0.25, 0.3) is 0 Å². The summed E-state index contributed by atoms with van der Waals surface area (Å²) in [6, 6.07) is 7.77.